The van der Waals surface area contributed by atoms with Crippen LogP contribution in [0.2, 0.25) is 0 Å². The zero-order chi connectivity index (χ0) is 31.9. The lowest BCUT2D eigenvalue weighted by Gasteiger charge is -2.26. The molecule has 3 heteroatoms. The van der Waals surface area contributed by atoms with Crippen molar-refractivity contribution in [3.05, 3.63) is 182 Å². The lowest BCUT2D eigenvalue weighted by atomic mass is 9.97. The molecule has 0 aliphatic heterocycles. The Balaban J connectivity index is 1.08. The standard InChI is InChI=1S/C45H30N2O/c1-4-10-31(11-5-1)32-18-24-39(25-19-32)47(38-14-8-3-9-15-38)40-26-20-33(21-27-40)36-22-28-41-37(30-36)17-16-34-23-29-42-44(43(34)41)48-45(46-42)35-12-6-2-7-13-35/h1-30H. The van der Waals surface area contributed by atoms with Crippen LogP contribution in [-0.2, 0) is 0 Å². The zero-order valence-electron chi connectivity index (χ0n) is 26.1. The van der Waals surface area contributed by atoms with E-state index in [0.717, 1.165) is 55.4 Å². The van der Waals surface area contributed by atoms with Gasteiger partial charge >= 0.3 is 0 Å². The maximum absolute atomic E-state index is 6.41. The third kappa shape index (κ3) is 4.99. The van der Waals surface area contributed by atoms with Gasteiger partial charge < -0.3 is 9.32 Å². The molecule has 3 nitrogen and oxygen atoms in total. The second kappa shape index (κ2) is 11.7. The van der Waals surface area contributed by atoms with E-state index in [1.165, 1.54) is 22.1 Å². The van der Waals surface area contributed by atoms with Gasteiger partial charge in [0.15, 0.2) is 5.58 Å². The number of oxazole rings is 1. The van der Waals surface area contributed by atoms with Crippen LogP contribution in [0.4, 0.5) is 17.1 Å². The third-order valence-corrected chi connectivity index (χ3v) is 9.08. The summed E-state index contributed by atoms with van der Waals surface area (Å²) >= 11 is 0. The van der Waals surface area contributed by atoms with Gasteiger partial charge in [0.25, 0.3) is 0 Å². The van der Waals surface area contributed by atoms with Gasteiger partial charge in [-0.05, 0) is 99.1 Å². The first-order valence-corrected chi connectivity index (χ1v) is 16.2. The molecule has 0 spiro atoms. The minimum atomic E-state index is 0.642. The molecule has 8 aromatic carbocycles. The summed E-state index contributed by atoms with van der Waals surface area (Å²) in [6.07, 6.45) is 0. The van der Waals surface area contributed by atoms with Crippen LogP contribution in [0.25, 0.3) is 66.4 Å². The highest BCUT2D eigenvalue weighted by Gasteiger charge is 2.15. The number of fused-ring (bicyclic) bond motifs is 5. The molecular formula is C45H30N2O. The van der Waals surface area contributed by atoms with Crippen molar-refractivity contribution in [2.24, 2.45) is 0 Å². The zero-order valence-corrected chi connectivity index (χ0v) is 26.1. The number of benzene rings is 8. The topological polar surface area (TPSA) is 29.3 Å². The fourth-order valence-electron chi connectivity index (χ4n) is 6.68. The van der Waals surface area contributed by atoms with Crippen LogP contribution in [0.15, 0.2) is 186 Å². The van der Waals surface area contributed by atoms with Crippen LogP contribution in [0.1, 0.15) is 0 Å². The van der Waals surface area contributed by atoms with E-state index < -0.39 is 0 Å². The van der Waals surface area contributed by atoms with Crippen LogP contribution in [0, 0.1) is 0 Å². The summed E-state index contributed by atoms with van der Waals surface area (Å²) in [6.45, 7) is 0. The number of nitrogens with zero attached hydrogens (tertiary/aromatic N) is 2. The van der Waals surface area contributed by atoms with Crippen molar-refractivity contribution in [3.63, 3.8) is 0 Å². The largest absolute Gasteiger partial charge is 0.435 e. The number of rotatable bonds is 6. The number of para-hydroxylation sites is 1. The average Bonchev–Trinajstić information content (AvgIpc) is 3.61. The van der Waals surface area contributed by atoms with Gasteiger partial charge in [-0.25, -0.2) is 4.98 Å². The van der Waals surface area contributed by atoms with Gasteiger partial charge in [-0.2, -0.15) is 0 Å². The molecule has 0 fully saturated rings. The second-order valence-electron chi connectivity index (χ2n) is 12.0. The molecule has 0 aliphatic rings. The molecule has 1 heterocycles. The lowest BCUT2D eigenvalue weighted by Crippen LogP contribution is -2.09. The van der Waals surface area contributed by atoms with Gasteiger partial charge in [0.05, 0.1) is 0 Å². The predicted molar refractivity (Wildman–Crippen MR) is 200 cm³/mol. The Bertz CT molecular complexity index is 2520. The molecule has 0 saturated heterocycles. The van der Waals surface area contributed by atoms with E-state index >= 15 is 0 Å². The monoisotopic (exact) mass is 614 g/mol. The smallest absolute Gasteiger partial charge is 0.227 e. The van der Waals surface area contributed by atoms with Gasteiger partial charge in [0, 0.05) is 28.0 Å². The number of hydrogen-bond donors (Lipinski definition) is 0. The van der Waals surface area contributed by atoms with Crippen LogP contribution in [-0.4, -0.2) is 4.98 Å². The van der Waals surface area contributed by atoms with Gasteiger partial charge in [0.1, 0.15) is 5.52 Å². The number of hydrogen-bond acceptors (Lipinski definition) is 3. The fraction of sp³-hybridized carbons (Fsp3) is 0. The SMILES string of the molecule is c1ccc(-c2ccc(N(c3ccccc3)c3ccc(-c4ccc5c(ccc6ccc7nc(-c8ccccc8)oc7c65)c4)cc3)cc2)cc1. The van der Waals surface area contributed by atoms with E-state index in [1.807, 2.05) is 36.4 Å². The highest BCUT2D eigenvalue weighted by Crippen LogP contribution is 2.39. The quantitative estimate of drug-likeness (QED) is 0.175. The molecule has 9 rings (SSSR count). The summed E-state index contributed by atoms with van der Waals surface area (Å²) in [5, 5.41) is 4.56. The Kier molecular flexibility index (Phi) is 6.80. The first-order chi connectivity index (χ1) is 23.8. The van der Waals surface area contributed by atoms with Crippen molar-refractivity contribution < 1.29 is 4.42 Å². The number of anilines is 3. The Hall–Kier alpha value is -6.45. The molecule has 0 radical (unpaired) electrons. The summed E-state index contributed by atoms with van der Waals surface area (Å²) in [5.41, 5.74) is 10.7. The van der Waals surface area contributed by atoms with Gasteiger partial charge in [-0.3, -0.25) is 0 Å². The van der Waals surface area contributed by atoms with E-state index in [2.05, 4.69) is 150 Å². The van der Waals surface area contributed by atoms with Crippen molar-refractivity contribution in [1.29, 1.82) is 0 Å². The molecule has 226 valence electrons. The molecule has 0 atom stereocenters. The highest BCUT2D eigenvalue weighted by molar-refractivity contribution is 6.18. The molecule has 0 aliphatic carbocycles. The molecular weight excluding hydrogens is 585 g/mol. The molecule has 0 saturated carbocycles. The summed E-state index contributed by atoms with van der Waals surface area (Å²) in [5.74, 6) is 0.642. The molecule has 0 N–H and O–H groups in total. The van der Waals surface area contributed by atoms with Gasteiger partial charge in [-0.1, -0.05) is 121 Å². The maximum atomic E-state index is 6.41. The second-order valence-corrected chi connectivity index (χ2v) is 12.0. The summed E-state index contributed by atoms with van der Waals surface area (Å²) < 4.78 is 6.41. The molecule has 1 aromatic heterocycles. The Morgan fingerprint density at radius 1 is 0.396 bits per heavy atom. The third-order valence-electron chi connectivity index (χ3n) is 9.08. The normalized spacial score (nSPS) is 11.3. The van der Waals surface area contributed by atoms with E-state index in [1.54, 1.807) is 0 Å². The molecule has 0 amide bonds. The van der Waals surface area contributed by atoms with Crippen molar-refractivity contribution in [2.75, 3.05) is 4.90 Å². The van der Waals surface area contributed by atoms with E-state index in [0.29, 0.717) is 5.89 Å². The Morgan fingerprint density at radius 3 is 1.56 bits per heavy atom. The minimum absolute atomic E-state index is 0.642. The maximum Gasteiger partial charge on any atom is 0.227 e. The lowest BCUT2D eigenvalue weighted by molar-refractivity contribution is 0.623. The van der Waals surface area contributed by atoms with Crippen molar-refractivity contribution in [1.82, 2.24) is 4.98 Å². The summed E-state index contributed by atoms with van der Waals surface area (Å²) in [7, 11) is 0. The van der Waals surface area contributed by atoms with E-state index in [4.69, 9.17) is 9.40 Å². The van der Waals surface area contributed by atoms with Crippen LogP contribution in [0.3, 0.4) is 0 Å². The summed E-state index contributed by atoms with van der Waals surface area (Å²) in [4.78, 5) is 7.12. The van der Waals surface area contributed by atoms with Crippen LogP contribution < -0.4 is 4.90 Å². The van der Waals surface area contributed by atoms with Crippen molar-refractivity contribution in [3.8, 4) is 33.7 Å². The van der Waals surface area contributed by atoms with Crippen LogP contribution in [0.5, 0.6) is 0 Å². The molecule has 48 heavy (non-hydrogen) atoms. The van der Waals surface area contributed by atoms with Crippen molar-refractivity contribution >= 4 is 49.7 Å². The Labute approximate surface area is 279 Å². The fourth-order valence-corrected chi connectivity index (χ4v) is 6.68. The molecule has 0 unspecified atom stereocenters. The first-order valence-electron chi connectivity index (χ1n) is 16.2. The average molecular weight is 615 g/mol. The minimum Gasteiger partial charge on any atom is -0.435 e. The predicted octanol–water partition coefficient (Wildman–Crippen LogP) is 12.6. The van der Waals surface area contributed by atoms with Crippen LogP contribution >= 0.6 is 0 Å². The Morgan fingerprint density at radius 2 is 0.896 bits per heavy atom. The van der Waals surface area contributed by atoms with Crippen molar-refractivity contribution in [2.45, 2.75) is 0 Å². The summed E-state index contributed by atoms with van der Waals surface area (Å²) in [6, 6.07) is 64.0. The van der Waals surface area contributed by atoms with E-state index in [9.17, 15) is 0 Å². The molecule has 0 bridgehead atoms. The first kappa shape index (κ1) is 27.8. The number of aromatic nitrogens is 1. The van der Waals surface area contributed by atoms with Gasteiger partial charge in [0.2, 0.25) is 5.89 Å². The van der Waals surface area contributed by atoms with E-state index in [-0.39, 0.29) is 0 Å². The molecule has 9 aromatic rings. The van der Waals surface area contributed by atoms with Gasteiger partial charge in [-0.15, -0.1) is 0 Å². The highest BCUT2D eigenvalue weighted by atomic mass is 16.3.